The molecule has 0 aromatic heterocycles. The second kappa shape index (κ2) is 6.87. The van der Waals surface area contributed by atoms with Gasteiger partial charge >= 0.3 is 0 Å². The van der Waals surface area contributed by atoms with E-state index in [2.05, 4.69) is 18.2 Å². The van der Waals surface area contributed by atoms with Crippen LogP contribution in [-0.4, -0.2) is 25.8 Å². The van der Waals surface area contributed by atoms with Crippen LogP contribution in [-0.2, 0) is 4.74 Å². The fourth-order valence-electron chi connectivity index (χ4n) is 2.06. The van der Waals surface area contributed by atoms with Gasteiger partial charge in [-0.2, -0.15) is 0 Å². The smallest absolute Gasteiger partial charge is 0.0752 e. The fraction of sp³-hybridized carbons (Fsp3) is 0.846. The van der Waals surface area contributed by atoms with Gasteiger partial charge in [0.15, 0.2) is 0 Å². The van der Waals surface area contributed by atoms with Gasteiger partial charge in [-0.25, -0.2) is 0 Å². The molecule has 0 radical (unpaired) electrons. The molecule has 1 saturated carbocycles. The Bertz CT molecular complexity index is 205. The van der Waals surface area contributed by atoms with Crippen molar-refractivity contribution in [3.05, 3.63) is 0 Å². The number of hydrogen-bond acceptors (Lipinski definition) is 2. The van der Waals surface area contributed by atoms with E-state index in [1.807, 2.05) is 7.11 Å². The molecule has 86 valence electrons. The van der Waals surface area contributed by atoms with E-state index >= 15 is 0 Å². The van der Waals surface area contributed by atoms with Gasteiger partial charge < -0.3 is 10.1 Å². The van der Waals surface area contributed by atoms with Crippen LogP contribution in [0.4, 0.5) is 0 Å². The van der Waals surface area contributed by atoms with Crippen molar-refractivity contribution in [3.8, 4) is 12.3 Å². The molecule has 1 fully saturated rings. The third-order valence-electron chi connectivity index (χ3n) is 3.01. The average Bonchev–Trinajstić information content (AvgIpc) is 3.06. The zero-order chi connectivity index (χ0) is 11.1. The van der Waals surface area contributed by atoms with Gasteiger partial charge in [-0.15, -0.1) is 12.3 Å². The van der Waals surface area contributed by atoms with Crippen LogP contribution < -0.4 is 5.32 Å². The van der Waals surface area contributed by atoms with Crippen LogP contribution in [0.1, 0.15) is 39.0 Å². The summed E-state index contributed by atoms with van der Waals surface area (Å²) in [6.07, 6.45) is 11.4. The van der Waals surface area contributed by atoms with Crippen molar-refractivity contribution >= 4 is 0 Å². The molecule has 1 rings (SSSR count). The molecule has 0 amide bonds. The Kier molecular flexibility index (Phi) is 5.75. The van der Waals surface area contributed by atoms with Crippen LogP contribution >= 0.6 is 0 Å². The first-order valence-electron chi connectivity index (χ1n) is 6.03. The number of terminal acetylenes is 1. The summed E-state index contributed by atoms with van der Waals surface area (Å²) in [5.74, 6) is 3.48. The van der Waals surface area contributed by atoms with Crippen molar-refractivity contribution in [2.75, 3.05) is 13.7 Å². The topological polar surface area (TPSA) is 21.3 Å². The molecule has 2 unspecified atom stereocenters. The van der Waals surface area contributed by atoms with E-state index in [1.165, 1.54) is 12.8 Å². The van der Waals surface area contributed by atoms with E-state index in [0.717, 1.165) is 31.7 Å². The van der Waals surface area contributed by atoms with E-state index in [0.29, 0.717) is 12.1 Å². The van der Waals surface area contributed by atoms with Gasteiger partial charge in [0.1, 0.15) is 0 Å². The van der Waals surface area contributed by atoms with Gasteiger partial charge in [-0.1, -0.05) is 6.92 Å². The first kappa shape index (κ1) is 12.5. The van der Waals surface area contributed by atoms with Crippen LogP contribution in [0.3, 0.4) is 0 Å². The Labute approximate surface area is 93.8 Å². The molecule has 1 aliphatic carbocycles. The lowest BCUT2D eigenvalue weighted by Gasteiger charge is -2.26. The van der Waals surface area contributed by atoms with Crippen molar-refractivity contribution in [2.45, 2.75) is 51.2 Å². The van der Waals surface area contributed by atoms with Crippen molar-refractivity contribution in [2.24, 2.45) is 5.92 Å². The number of ether oxygens (including phenoxy) is 1. The van der Waals surface area contributed by atoms with E-state index in [9.17, 15) is 0 Å². The standard InChI is InChI=1S/C13H23NO/c1-4-6-7-12(14-10-5-2)13(15-3)11-8-9-11/h1,11-14H,5-10H2,2-3H3. The highest BCUT2D eigenvalue weighted by molar-refractivity contribution is 4.93. The van der Waals surface area contributed by atoms with Crippen LogP contribution in [0.5, 0.6) is 0 Å². The van der Waals surface area contributed by atoms with Crippen LogP contribution in [0.25, 0.3) is 0 Å². The lowest BCUT2D eigenvalue weighted by atomic mass is 10.0. The monoisotopic (exact) mass is 209 g/mol. The fourth-order valence-corrected chi connectivity index (χ4v) is 2.06. The van der Waals surface area contributed by atoms with Gasteiger partial charge in [0.25, 0.3) is 0 Å². The van der Waals surface area contributed by atoms with Crippen LogP contribution in [0.15, 0.2) is 0 Å². The molecular weight excluding hydrogens is 186 g/mol. The maximum Gasteiger partial charge on any atom is 0.0752 e. The van der Waals surface area contributed by atoms with Crippen LogP contribution in [0, 0.1) is 18.3 Å². The molecule has 2 nitrogen and oxygen atoms in total. The number of nitrogens with one attached hydrogen (secondary N) is 1. The minimum Gasteiger partial charge on any atom is -0.380 e. The van der Waals surface area contributed by atoms with Crippen molar-refractivity contribution in [1.82, 2.24) is 5.32 Å². The Morgan fingerprint density at radius 1 is 1.53 bits per heavy atom. The molecule has 0 saturated heterocycles. The van der Waals surface area contributed by atoms with Crippen molar-refractivity contribution in [1.29, 1.82) is 0 Å². The summed E-state index contributed by atoms with van der Waals surface area (Å²) in [5.41, 5.74) is 0. The van der Waals surface area contributed by atoms with Gasteiger partial charge in [0.2, 0.25) is 0 Å². The normalized spacial score (nSPS) is 19.5. The summed E-state index contributed by atoms with van der Waals surface area (Å²) < 4.78 is 5.60. The highest BCUT2D eigenvalue weighted by atomic mass is 16.5. The molecule has 0 aromatic rings. The van der Waals surface area contributed by atoms with E-state index in [1.54, 1.807) is 0 Å². The van der Waals surface area contributed by atoms with Crippen LogP contribution in [0.2, 0.25) is 0 Å². The summed E-state index contributed by atoms with van der Waals surface area (Å²) in [7, 11) is 1.82. The number of hydrogen-bond donors (Lipinski definition) is 1. The zero-order valence-corrected chi connectivity index (χ0v) is 9.96. The highest BCUT2D eigenvalue weighted by Crippen LogP contribution is 2.36. The zero-order valence-electron chi connectivity index (χ0n) is 9.96. The third kappa shape index (κ3) is 4.24. The predicted molar refractivity (Wildman–Crippen MR) is 63.7 cm³/mol. The summed E-state index contributed by atoms with van der Waals surface area (Å²) in [6.45, 7) is 3.24. The molecular formula is C13H23NO. The second-order valence-corrected chi connectivity index (χ2v) is 4.34. The number of methoxy groups -OCH3 is 1. The minimum absolute atomic E-state index is 0.366. The Morgan fingerprint density at radius 3 is 2.73 bits per heavy atom. The molecule has 15 heavy (non-hydrogen) atoms. The van der Waals surface area contributed by atoms with Crippen molar-refractivity contribution in [3.63, 3.8) is 0 Å². The Balaban J connectivity index is 2.40. The van der Waals surface area contributed by atoms with Gasteiger partial charge in [-0.3, -0.25) is 0 Å². The minimum atomic E-state index is 0.366. The highest BCUT2D eigenvalue weighted by Gasteiger charge is 2.36. The maximum atomic E-state index is 5.60. The molecule has 0 aliphatic heterocycles. The predicted octanol–water partition coefficient (Wildman–Crippen LogP) is 2.19. The molecule has 0 aromatic carbocycles. The van der Waals surface area contributed by atoms with Gasteiger partial charge in [0, 0.05) is 19.6 Å². The lowest BCUT2D eigenvalue weighted by molar-refractivity contribution is 0.0488. The van der Waals surface area contributed by atoms with Crippen molar-refractivity contribution < 1.29 is 4.74 Å². The van der Waals surface area contributed by atoms with Gasteiger partial charge in [0.05, 0.1) is 6.10 Å². The SMILES string of the molecule is C#CCCC(NCCC)C(OC)C1CC1. The largest absolute Gasteiger partial charge is 0.380 e. The molecule has 2 heteroatoms. The number of rotatable bonds is 8. The molecule has 0 spiro atoms. The average molecular weight is 209 g/mol. The molecule has 1 N–H and O–H groups in total. The summed E-state index contributed by atoms with van der Waals surface area (Å²) in [5, 5.41) is 3.56. The maximum absolute atomic E-state index is 5.60. The Morgan fingerprint density at radius 2 is 2.27 bits per heavy atom. The Hall–Kier alpha value is -0.520. The van der Waals surface area contributed by atoms with E-state index in [-0.39, 0.29) is 0 Å². The molecule has 0 bridgehead atoms. The second-order valence-electron chi connectivity index (χ2n) is 4.34. The molecule has 0 heterocycles. The van der Waals surface area contributed by atoms with Gasteiger partial charge in [-0.05, 0) is 38.1 Å². The lowest BCUT2D eigenvalue weighted by Crippen LogP contribution is -2.42. The van der Waals surface area contributed by atoms with E-state index in [4.69, 9.17) is 11.2 Å². The summed E-state index contributed by atoms with van der Waals surface area (Å²) in [4.78, 5) is 0. The first-order chi connectivity index (χ1) is 7.33. The molecule has 2 atom stereocenters. The summed E-state index contributed by atoms with van der Waals surface area (Å²) >= 11 is 0. The molecule has 1 aliphatic rings. The summed E-state index contributed by atoms with van der Waals surface area (Å²) in [6, 6.07) is 0.443. The van der Waals surface area contributed by atoms with E-state index < -0.39 is 0 Å². The quantitative estimate of drug-likeness (QED) is 0.619. The first-order valence-corrected chi connectivity index (χ1v) is 6.03. The third-order valence-corrected chi connectivity index (χ3v) is 3.01.